The van der Waals surface area contributed by atoms with Gasteiger partial charge in [0, 0.05) is 13.0 Å². The Hall–Kier alpha value is -1.68. The van der Waals surface area contributed by atoms with Gasteiger partial charge in [-0.2, -0.15) is 0 Å². The van der Waals surface area contributed by atoms with Gasteiger partial charge in [-0.15, -0.1) is 0 Å². The second kappa shape index (κ2) is 7.36. The van der Waals surface area contributed by atoms with Crippen molar-refractivity contribution < 1.29 is 14.3 Å². The second-order valence-corrected chi connectivity index (χ2v) is 5.72. The minimum absolute atomic E-state index is 0.104. The summed E-state index contributed by atoms with van der Waals surface area (Å²) in [6.45, 7) is 0.330. The summed E-state index contributed by atoms with van der Waals surface area (Å²) in [5.74, 6) is -0.377. The predicted octanol–water partition coefficient (Wildman–Crippen LogP) is 3.04. The predicted molar refractivity (Wildman–Crippen MR) is 81.1 cm³/mol. The number of carbonyl (C=O) groups excluding carboxylic acids is 1. The van der Waals surface area contributed by atoms with Gasteiger partial charge in [-0.05, 0) is 30.5 Å². The zero-order chi connectivity index (χ0) is 15.1. The molecule has 1 aliphatic carbocycles. The standard InChI is InChI=1S/C17H22FNO2/c18-15-9-7-14(8-10-15)5-4-6-16(20)19-13-17(21)11-2-1-3-12-17/h4-5,7-10,21H,1-3,6,11-13H2,(H,19,20). The Kier molecular flexibility index (Phi) is 5.51. The number of rotatable bonds is 5. The van der Waals surface area contributed by atoms with Crippen LogP contribution in [0, 0.1) is 5.82 Å². The van der Waals surface area contributed by atoms with Crippen molar-refractivity contribution in [3.63, 3.8) is 0 Å². The lowest BCUT2D eigenvalue weighted by atomic mass is 9.85. The first-order valence-corrected chi connectivity index (χ1v) is 7.49. The maximum atomic E-state index is 12.7. The molecule has 0 atom stereocenters. The fourth-order valence-electron chi connectivity index (χ4n) is 2.60. The van der Waals surface area contributed by atoms with Crippen LogP contribution in [0.5, 0.6) is 0 Å². The van der Waals surface area contributed by atoms with E-state index >= 15 is 0 Å². The number of aliphatic hydroxyl groups is 1. The van der Waals surface area contributed by atoms with Crippen LogP contribution in [0.1, 0.15) is 44.1 Å². The van der Waals surface area contributed by atoms with Crippen LogP contribution < -0.4 is 5.32 Å². The van der Waals surface area contributed by atoms with Gasteiger partial charge >= 0.3 is 0 Å². The molecular formula is C17H22FNO2. The summed E-state index contributed by atoms with van der Waals surface area (Å²) in [5, 5.41) is 13.1. The third-order valence-electron chi connectivity index (χ3n) is 3.88. The van der Waals surface area contributed by atoms with E-state index in [2.05, 4.69) is 5.32 Å². The smallest absolute Gasteiger partial charge is 0.223 e. The van der Waals surface area contributed by atoms with Gasteiger partial charge in [0.05, 0.1) is 5.60 Å². The number of amides is 1. The third-order valence-corrected chi connectivity index (χ3v) is 3.88. The molecule has 0 heterocycles. The van der Waals surface area contributed by atoms with Crippen LogP contribution in [-0.4, -0.2) is 23.2 Å². The average Bonchev–Trinajstić information content (AvgIpc) is 2.48. The maximum absolute atomic E-state index is 12.7. The van der Waals surface area contributed by atoms with Gasteiger partial charge in [0.15, 0.2) is 0 Å². The number of benzene rings is 1. The molecule has 2 rings (SSSR count). The van der Waals surface area contributed by atoms with Gasteiger partial charge in [0.2, 0.25) is 5.91 Å². The highest BCUT2D eigenvalue weighted by molar-refractivity contribution is 5.78. The van der Waals surface area contributed by atoms with E-state index in [0.29, 0.717) is 6.54 Å². The lowest BCUT2D eigenvalue weighted by Gasteiger charge is -2.32. The van der Waals surface area contributed by atoms with E-state index in [-0.39, 0.29) is 18.1 Å². The second-order valence-electron chi connectivity index (χ2n) is 5.72. The van der Waals surface area contributed by atoms with Crippen LogP contribution in [0.3, 0.4) is 0 Å². The highest BCUT2D eigenvalue weighted by Crippen LogP contribution is 2.27. The largest absolute Gasteiger partial charge is 0.388 e. The van der Waals surface area contributed by atoms with Gasteiger partial charge in [-0.25, -0.2) is 4.39 Å². The molecule has 1 aromatic carbocycles. The lowest BCUT2D eigenvalue weighted by Crippen LogP contribution is -2.44. The van der Waals surface area contributed by atoms with E-state index in [1.165, 1.54) is 12.1 Å². The summed E-state index contributed by atoms with van der Waals surface area (Å²) >= 11 is 0. The third kappa shape index (κ3) is 5.31. The fourth-order valence-corrected chi connectivity index (χ4v) is 2.60. The van der Waals surface area contributed by atoms with Crippen molar-refractivity contribution in [3.05, 3.63) is 41.7 Å². The first kappa shape index (κ1) is 15.7. The van der Waals surface area contributed by atoms with Crippen molar-refractivity contribution in [1.82, 2.24) is 5.32 Å². The van der Waals surface area contributed by atoms with Gasteiger partial charge in [-0.3, -0.25) is 4.79 Å². The first-order valence-electron chi connectivity index (χ1n) is 7.49. The van der Waals surface area contributed by atoms with Crippen LogP contribution in [0.25, 0.3) is 6.08 Å². The van der Waals surface area contributed by atoms with E-state index in [0.717, 1.165) is 37.7 Å². The number of hydrogen-bond donors (Lipinski definition) is 2. The van der Waals surface area contributed by atoms with Crippen LogP contribution in [0.2, 0.25) is 0 Å². The van der Waals surface area contributed by atoms with E-state index in [4.69, 9.17) is 0 Å². The summed E-state index contributed by atoms with van der Waals surface area (Å²) in [5.41, 5.74) is 0.129. The van der Waals surface area contributed by atoms with Crippen molar-refractivity contribution in [3.8, 4) is 0 Å². The fraction of sp³-hybridized carbons (Fsp3) is 0.471. The summed E-state index contributed by atoms with van der Waals surface area (Å²) < 4.78 is 12.7. The van der Waals surface area contributed by atoms with E-state index < -0.39 is 5.60 Å². The number of hydrogen-bond acceptors (Lipinski definition) is 2. The molecule has 2 N–H and O–H groups in total. The molecule has 0 aliphatic heterocycles. The van der Waals surface area contributed by atoms with E-state index in [1.807, 2.05) is 0 Å². The Morgan fingerprint density at radius 1 is 1.24 bits per heavy atom. The Morgan fingerprint density at radius 2 is 1.90 bits per heavy atom. The molecule has 4 heteroatoms. The Labute approximate surface area is 124 Å². The van der Waals surface area contributed by atoms with Gasteiger partial charge in [0.25, 0.3) is 0 Å². The minimum Gasteiger partial charge on any atom is -0.388 e. The average molecular weight is 291 g/mol. The topological polar surface area (TPSA) is 49.3 Å². The Morgan fingerprint density at radius 3 is 2.57 bits per heavy atom. The number of halogens is 1. The van der Waals surface area contributed by atoms with E-state index in [9.17, 15) is 14.3 Å². The van der Waals surface area contributed by atoms with Crippen LogP contribution in [-0.2, 0) is 4.79 Å². The van der Waals surface area contributed by atoms with Crippen molar-refractivity contribution in [1.29, 1.82) is 0 Å². The molecule has 0 spiro atoms. The molecule has 0 radical (unpaired) electrons. The molecule has 0 bridgehead atoms. The Balaban J connectivity index is 1.73. The molecular weight excluding hydrogens is 269 g/mol. The SMILES string of the molecule is O=C(CC=Cc1ccc(F)cc1)NCC1(O)CCCCC1. The summed E-state index contributed by atoms with van der Waals surface area (Å²) in [6, 6.07) is 6.10. The Bertz CT molecular complexity index is 490. The summed E-state index contributed by atoms with van der Waals surface area (Å²) in [6.07, 6.45) is 8.52. The number of carbonyl (C=O) groups is 1. The molecule has 1 aliphatic rings. The van der Waals surface area contributed by atoms with Gasteiger partial charge in [0.1, 0.15) is 5.82 Å². The molecule has 1 fully saturated rings. The molecule has 1 saturated carbocycles. The first-order chi connectivity index (χ1) is 10.1. The maximum Gasteiger partial charge on any atom is 0.223 e. The quantitative estimate of drug-likeness (QED) is 0.876. The molecule has 0 aromatic heterocycles. The van der Waals surface area contributed by atoms with E-state index in [1.54, 1.807) is 24.3 Å². The van der Waals surface area contributed by atoms with Crippen molar-refractivity contribution in [2.24, 2.45) is 0 Å². The zero-order valence-corrected chi connectivity index (χ0v) is 12.1. The van der Waals surface area contributed by atoms with Gasteiger partial charge < -0.3 is 10.4 Å². The molecule has 3 nitrogen and oxygen atoms in total. The van der Waals surface area contributed by atoms with Crippen LogP contribution >= 0.6 is 0 Å². The van der Waals surface area contributed by atoms with Crippen molar-refractivity contribution in [2.45, 2.75) is 44.1 Å². The number of nitrogens with one attached hydrogen (secondary N) is 1. The molecule has 114 valence electrons. The summed E-state index contributed by atoms with van der Waals surface area (Å²) in [7, 11) is 0. The van der Waals surface area contributed by atoms with Crippen molar-refractivity contribution in [2.75, 3.05) is 6.54 Å². The lowest BCUT2D eigenvalue weighted by molar-refractivity contribution is -0.121. The summed E-state index contributed by atoms with van der Waals surface area (Å²) in [4.78, 5) is 11.7. The monoisotopic (exact) mass is 291 g/mol. The van der Waals surface area contributed by atoms with Crippen LogP contribution in [0.4, 0.5) is 4.39 Å². The van der Waals surface area contributed by atoms with Gasteiger partial charge in [-0.1, -0.05) is 43.5 Å². The normalized spacial score (nSPS) is 17.8. The highest BCUT2D eigenvalue weighted by atomic mass is 19.1. The molecule has 1 amide bonds. The highest BCUT2D eigenvalue weighted by Gasteiger charge is 2.29. The molecule has 0 unspecified atom stereocenters. The van der Waals surface area contributed by atoms with Crippen molar-refractivity contribution >= 4 is 12.0 Å². The minimum atomic E-state index is -0.728. The zero-order valence-electron chi connectivity index (χ0n) is 12.1. The molecule has 21 heavy (non-hydrogen) atoms. The molecule has 1 aromatic rings. The molecule has 0 saturated heterocycles. The van der Waals surface area contributed by atoms with Crippen LogP contribution in [0.15, 0.2) is 30.3 Å².